The fourth-order valence-corrected chi connectivity index (χ4v) is 3.78. The minimum absolute atomic E-state index is 0.0611. The van der Waals surface area contributed by atoms with E-state index in [1.54, 1.807) is 6.07 Å². The first-order valence-corrected chi connectivity index (χ1v) is 9.12. The van der Waals surface area contributed by atoms with Crippen LogP contribution in [0.3, 0.4) is 0 Å². The van der Waals surface area contributed by atoms with E-state index in [0.717, 1.165) is 11.1 Å². The molecule has 1 N–H and O–H groups in total. The molecule has 1 aliphatic carbocycles. The van der Waals surface area contributed by atoms with Crippen LogP contribution in [0.25, 0.3) is 21.9 Å². The summed E-state index contributed by atoms with van der Waals surface area (Å²) in [7, 11) is 3.84. The van der Waals surface area contributed by atoms with Gasteiger partial charge in [0.05, 0.1) is 11.3 Å². The van der Waals surface area contributed by atoms with Crippen molar-refractivity contribution in [3.05, 3.63) is 63.9 Å². The number of rotatable bonds is 3. The van der Waals surface area contributed by atoms with Crippen LogP contribution < -0.4 is 5.56 Å². The molecule has 6 heteroatoms. The van der Waals surface area contributed by atoms with E-state index < -0.39 is 0 Å². The smallest absolute Gasteiger partial charge is 0.261 e. The molecule has 0 aliphatic heterocycles. The van der Waals surface area contributed by atoms with Gasteiger partial charge in [-0.1, -0.05) is 36.4 Å². The van der Waals surface area contributed by atoms with Crippen LogP contribution in [-0.2, 0) is 11.3 Å². The van der Waals surface area contributed by atoms with Gasteiger partial charge in [-0.25, -0.2) is 4.99 Å². The van der Waals surface area contributed by atoms with Gasteiger partial charge in [-0.05, 0) is 25.7 Å². The van der Waals surface area contributed by atoms with Crippen molar-refractivity contribution >= 4 is 22.4 Å². The number of amides is 1. The second-order valence-electron chi connectivity index (χ2n) is 7.21. The van der Waals surface area contributed by atoms with E-state index in [-0.39, 0.29) is 17.3 Å². The third-order valence-electron chi connectivity index (χ3n) is 5.02. The fraction of sp³-hybridized carbons (Fsp3) is 0.227. The molecule has 6 nitrogen and oxygen atoms in total. The zero-order chi connectivity index (χ0) is 20.0. The van der Waals surface area contributed by atoms with Gasteiger partial charge in [0.1, 0.15) is 0 Å². The first-order valence-electron chi connectivity index (χ1n) is 9.12. The molecule has 0 saturated heterocycles. The average molecular weight is 375 g/mol. The van der Waals surface area contributed by atoms with Crippen LogP contribution in [0.1, 0.15) is 18.1 Å². The third-order valence-corrected chi connectivity index (χ3v) is 5.02. The molecule has 2 aromatic carbocycles. The van der Waals surface area contributed by atoms with Crippen LogP contribution in [0.2, 0.25) is 0 Å². The molecule has 0 spiro atoms. The molecule has 1 amide bonds. The van der Waals surface area contributed by atoms with Crippen LogP contribution in [0, 0.1) is 0 Å². The van der Waals surface area contributed by atoms with E-state index in [0.29, 0.717) is 40.7 Å². The predicted molar refractivity (Wildman–Crippen MR) is 110 cm³/mol. The van der Waals surface area contributed by atoms with Crippen LogP contribution >= 0.6 is 0 Å². The lowest BCUT2D eigenvalue weighted by atomic mass is 9.83. The summed E-state index contributed by atoms with van der Waals surface area (Å²) in [4.78, 5) is 31.4. The monoisotopic (exact) mass is 375 g/mol. The number of aliphatic imine (C=N–C) groups is 1. The minimum atomic E-state index is -0.311. The van der Waals surface area contributed by atoms with Crippen LogP contribution in [0.4, 0.5) is 0 Å². The van der Waals surface area contributed by atoms with Gasteiger partial charge in [0.2, 0.25) is 11.8 Å². The molecule has 0 bridgehead atoms. The largest absolute Gasteiger partial charge is 0.494 e. The second kappa shape index (κ2) is 6.73. The van der Waals surface area contributed by atoms with Gasteiger partial charge in [0, 0.05) is 41.9 Å². The van der Waals surface area contributed by atoms with Crippen LogP contribution in [0.15, 0.2) is 52.3 Å². The number of nitrogens with zero attached hydrogens (tertiary/aromatic N) is 3. The number of benzene rings is 2. The first kappa shape index (κ1) is 18.1. The molecule has 0 unspecified atom stereocenters. The first-order chi connectivity index (χ1) is 13.4. The molecule has 1 heterocycles. The number of carbonyl (C=O) groups is 1. The Labute approximate surface area is 162 Å². The zero-order valence-electron chi connectivity index (χ0n) is 16.1. The number of fused-ring (bicyclic) bond motifs is 2. The Morgan fingerprint density at radius 1 is 1.07 bits per heavy atom. The Morgan fingerprint density at radius 2 is 1.75 bits per heavy atom. The summed E-state index contributed by atoms with van der Waals surface area (Å²) >= 11 is 0. The molecular formula is C22H21N3O3. The van der Waals surface area contributed by atoms with Gasteiger partial charge < -0.3 is 10.0 Å². The molecule has 1 aliphatic rings. The van der Waals surface area contributed by atoms with Gasteiger partial charge in [0.15, 0.2) is 0 Å². The second-order valence-corrected chi connectivity index (χ2v) is 7.21. The summed E-state index contributed by atoms with van der Waals surface area (Å²) in [5.41, 5.74) is 3.00. The third kappa shape index (κ3) is 2.73. The summed E-state index contributed by atoms with van der Waals surface area (Å²) in [5.74, 6) is -0.372. The Bertz CT molecular complexity index is 1210. The predicted octanol–water partition coefficient (Wildman–Crippen LogP) is 2.63. The fourth-order valence-electron chi connectivity index (χ4n) is 3.78. The van der Waals surface area contributed by atoms with Gasteiger partial charge in [-0.15, -0.1) is 0 Å². The summed E-state index contributed by atoms with van der Waals surface area (Å²) < 4.78 is 1.42. The summed E-state index contributed by atoms with van der Waals surface area (Å²) in [6.07, 6.45) is 0. The highest BCUT2D eigenvalue weighted by Crippen LogP contribution is 2.40. The van der Waals surface area contributed by atoms with E-state index in [2.05, 4.69) is 4.99 Å². The van der Waals surface area contributed by atoms with Crippen molar-refractivity contribution in [3.8, 4) is 17.0 Å². The van der Waals surface area contributed by atoms with Gasteiger partial charge >= 0.3 is 0 Å². The molecule has 0 saturated carbocycles. The minimum Gasteiger partial charge on any atom is -0.494 e. The number of aromatic hydroxyl groups is 1. The Kier molecular flexibility index (Phi) is 4.35. The highest BCUT2D eigenvalue weighted by atomic mass is 16.3. The van der Waals surface area contributed by atoms with Gasteiger partial charge in [0.25, 0.3) is 5.56 Å². The van der Waals surface area contributed by atoms with Crippen molar-refractivity contribution < 1.29 is 9.90 Å². The number of pyridine rings is 1. The van der Waals surface area contributed by atoms with Gasteiger partial charge in [-0.2, -0.15) is 0 Å². The highest BCUT2D eigenvalue weighted by Gasteiger charge is 2.28. The van der Waals surface area contributed by atoms with E-state index in [9.17, 15) is 14.7 Å². The van der Waals surface area contributed by atoms with Crippen molar-refractivity contribution in [1.82, 2.24) is 9.47 Å². The van der Waals surface area contributed by atoms with E-state index >= 15 is 0 Å². The molecule has 0 radical (unpaired) electrons. The highest BCUT2D eigenvalue weighted by molar-refractivity contribution is 6.29. The van der Waals surface area contributed by atoms with E-state index in [1.807, 2.05) is 55.4 Å². The lowest BCUT2D eigenvalue weighted by molar-refractivity contribution is -0.115. The standard InChI is InChI=1S/C22H21N3O3/c1-13(26)23-20-15-8-5-4-7-14(15)19-18-16(20)9-6-10-17(18)21(27)25(22(19)28)12-11-24(2)3/h4-10,27H,11-12H2,1-3H3. The lowest BCUT2D eigenvalue weighted by Crippen LogP contribution is -2.29. The summed E-state index contributed by atoms with van der Waals surface area (Å²) in [5, 5.41) is 12.1. The normalized spacial score (nSPS) is 13.9. The molecule has 1 aromatic heterocycles. The quantitative estimate of drug-likeness (QED) is 0.597. The molecule has 0 fully saturated rings. The summed E-state index contributed by atoms with van der Waals surface area (Å²) in [6.45, 7) is 2.40. The molecule has 28 heavy (non-hydrogen) atoms. The van der Waals surface area contributed by atoms with Crippen molar-refractivity contribution in [2.24, 2.45) is 4.99 Å². The number of hydrogen-bond donors (Lipinski definition) is 1. The summed E-state index contributed by atoms with van der Waals surface area (Å²) in [6, 6.07) is 12.9. The SMILES string of the molecule is CC(=O)N=C1c2ccccc2-c2c(=O)n(CCN(C)C)c(O)c3cccc1c23. The maximum absolute atomic E-state index is 13.4. The molecule has 0 atom stereocenters. The Balaban J connectivity index is 2.15. The number of hydrogen-bond acceptors (Lipinski definition) is 4. The molecular weight excluding hydrogens is 354 g/mol. The van der Waals surface area contributed by atoms with Crippen molar-refractivity contribution in [1.29, 1.82) is 0 Å². The maximum Gasteiger partial charge on any atom is 0.261 e. The van der Waals surface area contributed by atoms with Crippen LogP contribution in [0.5, 0.6) is 5.88 Å². The molecule has 3 aromatic rings. The van der Waals surface area contributed by atoms with Crippen molar-refractivity contribution in [2.75, 3.05) is 20.6 Å². The Hall–Kier alpha value is -3.25. The number of aromatic nitrogens is 1. The lowest BCUT2D eigenvalue weighted by Gasteiger charge is -2.24. The average Bonchev–Trinajstić information content (AvgIpc) is 2.66. The maximum atomic E-state index is 13.4. The zero-order valence-corrected chi connectivity index (χ0v) is 16.1. The number of likely N-dealkylation sites (N-methyl/N-ethyl adjacent to an activating group) is 1. The molecule has 4 rings (SSSR count). The van der Waals surface area contributed by atoms with Gasteiger partial charge in [-0.3, -0.25) is 14.2 Å². The van der Waals surface area contributed by atoms with Crippen LogP contribution in [-0.4, -0.2) is 46.8 Å². The molecule has 142 valence electrons. The van der Waals surface area contributed by atoms with E-state index in [4.69, 9.17) is 0 Å². The van der Waals surface area contributed by atoms with E-state index in [1.165, 1.54) is 11.5 Å². The Morgan fingerprint density at radius 3 is 2.43 bits per heavy atom. The van der Waals surface area contributed by atoms with Crippen molar-refractivity contribution in [2.45, 2.75) is 13.5 Å². The topological polar surface area (TPSA) is 74.9 Å². The van der Waals surface area contributed by atoms with Crippen molar-refractivity contribution in [3.63, 3.8) is 0 Å². The number of carbonyl (C=O) groups excluding carboxylic acids is 1.